The second kappa shape index (κ2) is 4.82. The summed E-state index contributed by atoms with van der Waals surface area (Å²) in [7, 11) is 1.84. The van der Waals surface area contributed by atoms with E-state index in [4.69, 9.17) is 5.11 Å². The van der Waals surface area contributed by atoms with Crippen molar-refractivity contribution in [3.63, 3.8) is 0 Å². The number of aromatic nitrogens is 2. The van der Waals surface area contributed by atoms with Gasteiger partial charge in [0.2, 0.25) is 0 Å². The van der Waals surface area contributed by atoms with Crippen molar-refractivity contribution in [2.24, 2.45) is 7.05 Å². The zero-order valence-corrected chi connectivity index (χ0v) is 9.63. The molecule has 1 N–H and O–H groups in total. The van der Waals surface area contributed by atoms with Gasteiger partial charge in [-0.1, -0.05) is 30.3 Å². The largest absolute Gasteiger partial charge is 0.481 e. The van der Waals surface area contributed by atoms with Crippen molar-refractivity contribution in [2.45, 2.75) is 12.8 Å². The van der Waals surface area contributed by atoms with E-state index in [-0.39, 0.29) is 6.42 Å². The van der Waals surface area contributed by atoms with Gasteiger partial charge in [-0.05, 0) is 5.56 Å². The fraction of sp³-hybridized carbons (Fsp3) is 0.231. The second-order valence-electron chi connectivity index (χ2n) is 3.92. The topological polar surface area (TPSA) is 55.1 Å². The molecular formula is C13H14N2O2. The molecule has 0 saturated carbocycles. The van der Waals surface area contributed by atoms with Crippen molar-refractivity contribution < 1.29 is 9.90 Å². The zero-order chi connectivity index (χ0) is 12.3. The molecule has 1 aromatic heterocycles. The minimum Gasteiger partial charge on any atom is -0.481 e. The maximum absolute atomic E-state index is 10.6. The minimum absolute atomic E-state index is 0.108. The molecule has 0 aliphatic heterocycles. The summed E-state index contributed by atoms with van der Waals surface area (Å²) in [4.78, 5) is 10.6. The van der Waals surface area contributed by atoms with Gasteiger partial charge >= 0.3 is 5.97 Å². The van der Waals surface area contributed by atoms with E-state index >= 15 is 0 Å². The summed E-state index contributed by atoms with van der Waals surface area (Å²) in [6.45, 7) is 0. The summed E-state index contributed by atoms with van der Waals surface area (Å²) in [5, 5.41) is 13.0. The molecule has 2 rings (SSSR count). The van der Waals surface area contributed by atoms with Crippen LogP contribution in [-0.2, 0) is 18.3 Å². The first-order valence-electron chi connectivity index (χ1n) is 5.46. The van der Waals surface area contributed by atoms with Gasteiger partial charge in [0.1, 0.15) is 0 Å². The van der Waals surface area contributed by atoms with Crippen LogP contribution in [0.1, 0.15) is 12.1 Å². The van der Waals surface area contributed by atoms with Gasteiger partial charge in [-0.15, -0.1) is 0 Å². The molecular weight excluding hydrogens is 216 g/mol. The van der Waals surface area contributed by atoms with Crippen molar-refractivity contribution in [2.75, 3.05) is 0 Å². The highest BCUT2D eigenvalue weighted by Crippen LogP contribution is 2.23. The third-order valence-corrected chi connectivity index (χ3v) is 2.57. The van der Waals surface area contributed by atoms with Gasteiger partial charge in [0.25, 0.3) is 0 Å². The van der Waals surface area contributed by atoms with Crippen LogP contribution in [-0.4, -0.2) is 20.9 Å². The van der Waals surface area contributed by atoms with Crippen molar-refractivity contribution >= 4 is 5.97 Å². The molecule has 0 aliphatic rings. The fourth-order valence-electron chi connectivity index (χ4n) is 1.80. The predicted octanol–water partition coefficient (Wildman–Crippen LogP) is 2.10. The second-order valence-corrected chi connectivity index (χ2v) is 3.92. The number of rotatable bonds is 4. The first-order chi connectivity index (χ1) is 8.16. The zero-order valence-electron chi connectivity index (χ0n) is 9.63. The molecule has 17 heavy (non-hydrogen) atoms. The van der Waals surface area contributed by atoms with E-state index in [1.165, 1.54) is 0 Å². The summed E-state index contributed by atoms with van der Waals surface area (Å²) in [6.07, 6.45) is 2.49. The lowest BCUT2D eigenvalue weighted by atomic mass is 10.0. The molecule has 0 aliphatic carbocycles. The van der Waals surface area contributed by atoms with Crippen molar-refractivity contribution in [3.8, 4) is 11.1 Å². The smallest absolute Gasteiger partial charge is 0.303 e. The van der Waals surface area contributed by atoms with E-state index in [2.05, 4.69) is 5.10 Å². The van der Waals surface area contributed by atoms with Crippen molar-refractivity contribution in [1.29, 1.82) is 0 Å². The third-order valence-electron chi connectivity index (χ3n) is 2.57. The monoisotopic (exact) mass is 230 g/mol. The molecule has 0 unspecified atom stereocenters. The van der Waals surface area contributed by atoms with Gasteiger partial charge in [0, 0.05) is 25.2 Å². The lowest BCUT2D eigenvalue weighted by Crippen LogP contribution is -1.99. The third kappa shape index (κ3) is 2.72. The Bertz CT molecular complexity index is 517. The number of nitrogens with zero attached hydrogens (tertiary/aromatic N) is 2. The van der Waals surface area contributed by atoms with Crippen LogP contribution in [0.3, 0.4) is 0 Å². The summed E-state index contributed by atoms with van der Waals surface area (Å²) in [5.41, 5.74) is 2.91. The van der Waals surface area contributed by atoms with Crippen LogP contribution in [0.25, 0.3) is 11.1 Å². The van der Waals surface area contributed by atoms with E-state index in [1.54, 1.807) is 4.68 Å². The number of hydrogen-bond donors (Lipinski definition) is 1. The Morgan fingerprint density at radius 3 is 2.71 bits per heavy atom. The SMILES string of the molecule is Cn1cc(-c2ccccc2)c(CCC(=O)O)n1. The average Bonchev–Trinajstić information content (AvgIpc) is 2.69. The summed E-state index contributed by atoms with van der Waals surface area (Å²) >= 11 is 0. The van der Waals surface area contributed by atoms with Gasteiger partial charge in [0.15, 0.2) is 0 Å². The molecule has 1 aromatic carbocycles. The Morgan fingerprint density at radius 1 is 1.35 bits per heavy atom. The summed E-state index contributed by atoms with van der Waals surface area (Å²) < 4.78 is 1.72. The lowest BCUT2D eigenvalue weighted by Gasteiger charge is -2.00. The number of carbonyl (C=O) groups is 1. The Hall–Kier alpha value is -2.10. The molecule has 0 spiro atoms. The number of carboxylic acid groups (broad SMARTS) is 1. The molecule has 0 saturated heterocycles. The van der Waals surface area contributed by atoms with Gasteiger partial charge in [-0.3, -0.25) is 9.48 Å². The Kier molecular flexibility index (Phi) is 3.23. The first kappa shape index (κ1) is 11.4. The minimum atomic E-state index is -0.797. The molecule has 0 bridgehead atoms. The molecule has 0 radical (unpaired) electrons. The Labute approximate surface area is 99.5 Å². The van der Waals surface area contributed by atoms with E-state index in [0.717, 1.165) is 16.8 Å². The first-order valence-corrected chi connectivity index (χ1v) is 5.46. The molecule has 2 aromatic rings. The molecule has 1 heterocycles. The quantitative estimate of drug-likeness (QED) is 0.875. The van der Waals surface area contributed by atoms with E-state index in [0.29, 0.717) is 6.42 Å². The summed E-state index contributed by atoms with van der Waals surface area (Å²) in [5.74, 6) is -0.797. The summed E-state index contributed by atoms with van der Waals surface area (Å²) in [6, 6.07) is 9.88. The van der Waals surface area contributed by atoms with Crippen LogP contribution in [0.5, 0.6) is 0 Å². The van der Waals surface area contributed by atoms with Crippen molar-refractivity contribution in [3.05, 3.63) is 42.2 Å². The van der Waals surface area contributed by atoms with Gasteiger partial charge in [-0.25, -0.2) is 0 Å². The Morgan fingerprint density at radius 2 is 2.06 bits per heavy atom. The molecule has 88 valence electrons. The van der Waals surface area contributed by atoms with Gasteiger partial charge in [-0.2, -0.15) is 5.10 Å². The normalized spacial score (nSPS) is 10.4. The van der Waals surface area contributed by atoms with E-state index in [1.807, 2.05) is 43.6 Å². The number of aliphatic carboxylic acids is 1. The highest BCUT2D eigenvalue weighted by atomic mass is 16.4. The van der Waals surface area contributed by atoms with Crippen LogP contribution < -0.4 is 0 Å². The maximum atomic E-state index is 10.6. The fourth-order valence-corrected chi connectivity index (χ4v) is 1.80. The molecule has 0 fully saturated rings. The number of carboxylic acids is 1. The lowest BCUT2D eigenvalue weighted by molar-refractivity contribution is -0.136. The van der Waals surface area contributed by atoms with E-state index in [9.17, 15) is 4.79 Å². The average molecular weight is 230 g/mol. The molecule has 4 heteroatoms. The molecule has 0 amide bonds. The highest BCUT2D eigenvalue weighted by molar-refractivity contribution is 5.69. The highest BCUT2D eigenvalue weighted by Gasteiger charge is 2.10. The number of benzene rings is 1. The molecule has 0 atom stereocenters. The predicted molar refractivity (Wildman–Crippen MR) is 64.6 cm³/mol. The Balaban J connectivity index is 2.31. The molecule has 4 nitrogen and oxygen atoms in total. The number of hydrogen-bond acceptors (Lipinski definition) is 2. The van der Waals surface area contributed by atoms with Gasteiger partial charge in [0.05, 0.1) is 12.1 Å². The van der Waals surface area contributed by atoms with Gasteiger partial charge < -0.3 is 5.11 Å². The van der Waals surface area contributed by atoms with Crippen LogP contribution in [0.2, 0.25) is 0 Å². The maximum Gasteiger partial charge on any atom is 0.303 e. The van der Waals surface area contributed by atoms with Crippen LogP contribution in [0.4, 0.5) is 0 Å². The van der Waals surface area contributed by atoms with Crippen LogP contribution in [0, 0.1) is 0 Å². The van der Waals surface area contributed by atoms with Crippen LogP contribution in [0.15, 0.2) is 36.5 Å². The van der Waals surface area contributed by atoms with Crippen molar-refractivity contribution in [1.82, 2.24) is 9.78 Å². The van der Waals surface area contributed by atoms with E-state index < -0.39 is 5.97 Å². The number of aryl methyl sites for hydroxylation is 2. The standard InChI is InChI=1S/C13H14N2O2/c1-15-9-11(10-5-3-2-4-6-10)12(14-15)7-8-13(16)17/h2-6,9H,7-8H2,1H3,(H,16,17). The van der Waals surface area contributed by atoms with Crippen LogP contribution >= 0.6 is 0 Å².